The Labute approximate surface area is 40.5 Å². The average Bonchev–Trinajstić information content (AvgIpc) is 1.65. The van der Waals surface area contributed by atoms with Crippen LogP contribution < -0.4 is 0 Å². The number of hydrogen-bond acceptors (Lipinski definition) is 0. The lowest BCUT2D eigenvalue weighted by molar-refractivity contribution is 1.20. The van der Waals surface area contributed by atoms with Crippen molar-refractivity contribution >= 4 is 7.28 Å². The van der Waals surface area contributed by atoms with E-state index >= 15 is 0 Å². The van der Waals surface area contributed by atoms with Crippen molar-refractivity contribution in [2.45, 2.75) is 19.6 Å². The Bertz CT molecular complexity index is 41.2. The van der Waals surface area contributed by atoms with E-state index in [1.807, 2.05) is 6.08 Å². The quantitative estimate of drug-likeness (QED) is 0.349. The van der Waals surface area contributed by atoms with Crippen LogP contribution >= 0.6 is 0 Å². The summed E-state index contributed by atoms with van der Waals surface area (Å²) in [5.41, 5.74) is 0. The monoisotopic (exact) mass is 82.1 g/mol. The topological polar surface area (TPSA) is 0 Å². The van der Waals surface area contributed by atoms with Crippen molar-refractivity contribution in [3.63, 3.8) is 0 Å². The van der Waals surface area contributed by atoms with Crippen LogP contribution in [0.25, 0.3) is 0 Å². The molecule has 0 aromatic rings. The van der Waals surface area contributed by atoms with Crippen LogP contribution in [0.1, 0.15) is 6.92 Å². The summed E-state index contributed by atoms with van der Waals surface area (Å²) in [7, 11) is 1.21. The highest BCUT2D eigenvalue weighted by atomic mass is 13.7. The standard InChI is InChI=1S/C5H11B/c1-4-5(2)6-3/h4-6H,1H2,2-3H3. The van der Waals surface area contributed by atoms with Crippen molar-refractivity contribution in [1.29, 1.82) is 0 Å². The summed E-state index contributed by atoms with van der Waals surface area (Å²) < 4.78 is 0. The van der Waals surface area contributed by atoms with Crippen LogP contribution in [-0.2, 0) is 0 Å². The van der Waals surface area contributed by atoms with Gasteiger partial charge in [0.2, 0.25) is 0 Å². The zero-order valence-electron chi connectivity index (χ0n) is 4.57. The van der Waals surface area contributed by atoms with Crippen molar-refractivity contribution in [2.75, 3.05) is 0 Å². The van der Waals surface area contributed by atoms with Crippen LogP contribution in [0.2, 0.25) is 12.6 Å². The maximum atomic E-state index is 3.63. The van der Waals surface area contributed by atoms with Gasteiger partial charge in [-0.05, 0) is 0 Å². The Hall–Kier alpha value is -0.195. The van der Waals surface area contributed by atoms with E-state index in [1.165, 1.54) is 7.28 Å². The predicted molar refractivity (Wildman–Crippen MR) is 32.6 cm³/mol. The van der Waals surface area contributed by atoms with E-state index in [9.17, 15) is 0 Å². The molecule has 0 rings (SSSR count). The van der Waals surface area contributed by atoms with Crippen molar-refractivity contribution < 1.29 is 0 Å². The van der Waals surface area contributed by atoms with Gasteiger partial charge in [0.25, 0.3) is 0 Å². The molecule has 1 unspecified atom stereocenters. The van der Waals surface area contributed by atoms with E-state index < -0.39 is 0 Å². The molecule has 0 aromatic heterocycles. The van der Waals surface area contributed by atoms with Crippen LogP contribution in [0.5, 0.6) is 0 Å². The molecule has 0 aromatic carbocycles. The maximum Gasteiger partial charge on any atom is 0.125 e. The van der Waals surface area contributed by atoms with Crippen LogP contribution in [0.4, 0.5) is 0 Å². The van der Waals surface area contributed by atoms with Crippen molar-refractivity contribution in [3.05, 3.63) is 12.7 Å². The first kappa shape index (κ1) is 5.80. The third-order valence-corrected chi connectivity index (χ3v) is 1.05. The van der Waals surface area contributed by atoms with Gasteiger partial charge in [-0.1, -0.05) is 25.6 Å². The molecule has 0 aliphatic rings. The average molecular weight is 82.0 g/mol. The minimum Gasteiger partial charge on any atom is -0.104 e. The van der Waals surface area contributed by atoms with Gasteiger partial charge in [-0.3, -0.25) is 0 Å². The first-order valence-electron chi connectivity index (χ1n) is 2.43. The van der Waals surface area contributed by atoms with E-state index in [1.54, 1.807) is 0 Å². The normalized spacial score (nSPS) is 13.0. The van der Waals surface area contributed by atoms with Gasteiger partial charge in [-0.25, -0.2) is 0 Å². The van der Waals surface area contributed by atoms with E-state index in [0.29, 0.717) is 5.82 Å². The summed E-state index contributed by atoms with van der Waals surface area (Å²) >= 11 is 0. The van der Waals surface area contributed by atoms with Crippen molar-refractivity contribution in [3.8, 4) is 0 Å². The SMILES string of the molecule is C=CC(C)BC. The molecule has 0 saturated heterocycles. The molecule has 6 heavy (non-hydrogen) atoms. The van der Waals surface area contributed by atoms with Crippen molar-refractivity contribution in [2.24, 2.45) is 0 Å². The Kier molecular flexibility index (Phi) is 2.92. The van der Waals surface area contributed by atoms with Crippen LogP contribution in [0.3, 0.4) is 0 Å². The molecule has 34 valence electrons. The Balaban J connectivity index is 2.96. The second kappa shape index (κ2) is 3.01. The molecule has 0 aliphatic heterocycles. The van der Waals surface area contributed by atoms with Gasteiger partial charge in [0.05, 0.1) is 0 Å². The van der Waals surface area contributed by atoms with E-state index in [-0.39, 0.29) is 0 Å². The summed E-state index contributed by atoms with van der Waals surface area (Å²) in [5.74, 6) is 0.699. The van der Waals surface area contributed by atoms with E-state index in [4.69, 9.17) is 0 Å². The third kappa shape index (κ3) is 2.07. The molecule has 0 amide bonds. The summed E-state index contributed by atoms with van der Waals surface area (Å²) in [5, 5.41) is 0. The molecule has 0 aliphatic carbocycles. The van der Waals surface area contributed by atoms with Gasteiger partial charge in [0.15, 0.2) is 0 Å². The van der Waals surface area contributed by atoms with E-state index in [2.05, 4.69) is 20.3 Å². The molecule has 0 heterocycles. The van der Waals surface area contributed by atoms with Gasteiger partial charge in [0, 0.05) is 0 Å². The molecular weight excluding hydrogens is 70.9 g/mol. The second-order valence-corrected chi connectivity index (χ2v) is 1.62. The van der Waals surface area contributed by atoms with Gasteiger partial charge < -0.3 is 0 Å². The minimum atomic E-state index is 0.699. The molecule has 1 heteroatoms. The van der Waals surface area contributed by atoms with Gasteiger partial charge in [0.1, 0.15) is 7.28 Å². The molecule has 0 bridgehead atoms. The summed E-state index contributed by atoms with van der Waals surface area (Å²) in [6.45, 7) is 7.95. The lowest BCUT2D eigenvalue weighted by Crippen LogP contribution is -1.86. The zero-order valence-corrected chi connectivity index (χ0v) is 4.57. The van der Waals surface area contributed by atoms with E-state index in [0.717, 1.165) is 0 Å². The fourth-order valence-corrected chi connectivity index (χ4v) is 0.167. The van der Waals surface area contributed by atoms with Gasteiger partial charge in [-0.2, -0.15) is 0 Å². The Morgan fingerprint density at radius 1 is 1.83 bits per heavy atom. The fourth-order valence-electron chi connectivity index (χ4n) is 0.167. The first-order valence-corrected chi connectivity index (χ1v) is 2.43. The maximum absolute atomic E-state index is 3.63. The molecule has 1 atom stereocenters. The predicted octanol–water partition coefficient (Wildman–Crippen LogP) is 1.47. The minimum absolute atomic E-state index is 0.699. The molecule has 0 radical (unpaired) electrons. The van der Waals surface area contributed by atoms with Crippen LogP contribution in [0.15, 0.2) is 12.7 Å². The van der Waals surface area contributed by atoms with Gasteiger partial charge >= 0.3 is 0 Å². The summed E-state index contributed by atoms with van der Waals surface area (Å²) in [4.78, 5) is 0. The lowest BCUT2D eigenvalue weighted by Gasteiger charge is -1.91. The lowest BCUT2D eigenvalue weighted by atomic mass is 9.68. The second-order valence-electron chi connectivity index (χ2n) is 1.62. The molecular formula is C5H11B. The van der Waals surface area contributed by atoms with Crippen molar-refractivity contribution in [1.82, 2.24) is 0 Å². The summed E-state index contributed by atoms with van der Waals surface area (Å²) in [6.07, 6.45) is 1.97. The zero-order chi connectivity index (χ0) is 4.99. The van der Waals surface area contributed by atoms with Gasteiger partial charge in [-0.15, -0.1) is 6.58 Å². The van der Waals surface area contributed by atoms with Crippen LogP contribution in [-0.4, -0.2) is 7.28 Å². The highest BCUT2D eigenvalue weighted by molar-refractivity contribution is 6.36. The Morgan fingerprint density at radius 3 is 2.33 bits per heavy atom. The number of allylic oxidation sites excluding steroid dienone is 1. The first-order chi connectivity index (χ1) is 2.81. The highest BCUT2D eigenvalue weighted by Crippen LogP contribution is 1.97. The molecule has 0 N–H and O–H groups in total. The van der Waals surface area contributed by atoms with Crippen LogP contribution in [0, 0.1) is 0 Å². The summed E-state index contributed by atoms with van der Waals surface area (Å²) in [6, 6.07) is 0. The Morgan fingerprint density at radius 2 is 2.33 bits per heavy atom. The third-order valence-electron chi connectivity index (χ3n) is 1.05. The molecule has 0 saturated carbocycles. The molecule has 0 fully saturated rings. The molecule has 0 spiro atoms. The number of rotatable bonds is 2. The largest absolute Gasteiger partial charge is 0.125 e. The fraction of sp³-hybridized carbons (Fsp3) is 0.600. The number of hydrogen-bond donors (Lipinski definition) is 0. The smallest absolute Gasteiger partial charge is 0.104 e. The highest BCUT2D eigenvalue weighted by Gasteiger charge is 1.87. The molecule has 0 nitrogen and oxygen atoms in total.